The maximum absolute atomic E-state index is 11.3. The first-order chi connectivity index (χ1) is 7.72. The zero-order chi connectivity index (χ0) is 11.5. The number of nitrogen functional groups attached to an aromatic ring is 1. The molecule has 0 saturated heterocycles. The molecule has 0 aliphatic rings. The van der Waals surface area contributed by atoms with Crippen molar-refractivity contribution in [3.8, 4) is 5.69 Å². The van der Waals surface area contributed by atoms with Gasteiger partial charge >= 0.3 is 5.97 Å². The second kappa shape index (κ2) is 4.06. The maximum atomic E-state index is 11.3. The van der Waals surface area contributed by atoms with E-state index < -0.39 is 5.97 Å². The standard InChI is InChI=1S/C11H11N3O2/c1-16-11(15)8-2-3-10(9(12)6-8)14-5-4-13-7-14/h2-7H,12H2,1H3. The van der Waals surface area contributed by atoms with Gasteiger partial charge in [-0.25, -0.2) is 9.78 Å². The first kappa shape index (κ1) is 10.2. The van der Waals surface area contributed by atoms with Crippen LogP contribution in [0.2, 0.25) is 0 Å². The number of imidazole rings is 1. The van der Waals surface area contributed by atoms with Crippen molar-refractivity contribution in [2.45, 2.75) is 0 Å². The predicted octanol–water partition coefficient (Wildman–Crippen LogP) is 1.24. The van der Waals surface area contributed by atoms with Crippen LogP contribution >= 0.6 is 0 Å². The topological polar surface area (TPSA) is 70.1 Å². The van der Waals surface area contributed by atoms with Crippen LogP contribution in [-0.2, 0) is 4.74 Å². The number of methoxy groups -OCH3 is 1. The number of rotatable bonds is 2. The molecule has 5 heteroatoms. The fraction of sp³-hybridized carbons (Fsp3) is 0.0909. The number of carbonyl (C=O) groups excluding carboxylic acids is 1. The van der Waals surface area contributed by atoms with Gasteiger partial charge in [0.05, 0.1) is 30.4 Å². The summed E-state index contributed by atoms with van der Waals surface area (Å²) < 4.78 is 6.38. The summed E-state index contributed by atoms with van der Waals surface area (Å²) in [4.78, 5) is 15.2. The Morgan fingerprint density at radius 1 is 1.50 bits per heavy atom. The summed E-state index contributed by atoms with van der Waals surface area (Å²) in [5.74, 6) is -0.399. The monoisotopic (exact) mass is 217 g/mol. The van der Waals surface area contributed by atoms with E-state index in [1.807, 2.05) is 0 Å². The van der Waals surface area contributed by atoms with Crippen LogP contribution in [0.15, 0.2) is 36.9 Å². The largest absolute Gasteiger partial charge is 0.465 e. The normalized spacial score (nSPS) is 10.1. The van der Waals surface area contributed by atoms with E-state index in [4.69, 9.17) is 5.73 Å². The molecule has 16 heavy (non-hydrogen) atoms. The minimum absolute atomic E-state index is 0.399. The van der Waals surface area contributed by atoms with E-state index in [0.717, 1.165) is 5.69 Å². The SMILES string of the molecule is COC(=O)c1ccc(-n2ccnc2)c(N)c1. The van der Waals surface area contributed by atoms with Crippen molar-refractivity contribution in [1.29, 1.82) is 0 Å². The summed E-state index contributed by atoms with van der Waals surface area (Å²) in [6.07, 6.45) is 5.08. The van der Waals surface area contributed by atoms with E-state index in [1.165, 1.54) is 7.11 Å². The first-order valence-corrected chi connectivity index (χ1v) is 4.68. The molecule has 0 unspecified atom stereocenters. The van der Waals surface area contributed by atoms with E-state index in [0.29, 0.717) is 11.3 Å². The Morgan fingerprint density at radius 2 is 2.31 bits per heavy atom. The molecule has 0 aliphatic carbocycles. The maximum Gasteiger partial charge on any atom is 0.337 e. The van der Waals surface area contributed by atoms with Crippen LogP contribution in [0.5, 0.6) is 0 Å². The Bertz CT molecular complexity index is 506. The molecular weight excluding hydrogens is 206 g/mol. The van der Waals surface area contributed by atoms with Gasteiger partial charge in [-0.1, -0.05) is 0 Å². The summed E-state index contributed by atoms with van der Waals surface area (Å²) >= 11 is 0. The van der Waals surface area contributed by atoms with Crippen LogP contribution in [0.1, 0.15) is 10.4 Å². The van der Waals surface area contributed by atoms with Gasteiger partial charge in [0.1, 0.15) is 0 Å². The lowest BCUT2D eigenvalue weighted by atomic mass is 10.1. The van der Waals surface area contributed by atoms with Gasteiger partial charge in [0.15, 0.2) is 0 Å². The number of carbonyl (C=O) groups is 1. The Kier molecular flexibility index (Phi) is 2.59. The molecule has 2 aromatic rings. The molecule has 1 aromatic carbocycles. The van der Waals surface area contributed by atoms with Crippen molar-refractivity contribution in [1.82, 2.24) is 9.55 Å². The zero-order valence-electron chi connectivity index (χ0n) is 8.75. The summed E-state index contributed by atoms with van der Waals surface area (Å²) in [7, 11) is 1.34. The van der Waals surface area contributed by atoms with Crippen LogP contribution in [0, 0.1) is 0 Å². The van der Waals surface area contributed by atoms with Gasteiger partial charge in [0, 0.05) is 12.4 Å². The van der Waals surface area contributed by atoms with Gasteiger partial charge < -0.3 is 15.0 Å². The van der Waals surface area contributed by atoms with Gasteiger partial charge in [0.2, 0.25) is 0 Å². The number of hydrogen-bond acceptors (Lipinski definition) is 4. The molecular formula is C11H11N3O2. The van der Waals surface area contributed by atoms with E-state index in [-0.39, 0.29) is 0 Å². The molecule has 1 aromatic heterocycles. The van der Waals surface area contributed by atoms with Crippen LogP contribution in [0.25, 0.3) is 5.69 Å². The molecule has 0 bridgehead atoms. The fourth-order valence-corrected chi connectivity index (χ4v) is 1.44. The van der Waals surface area contributed by atoms with Crippen LogP contribution in [0.3, 0.4) is 0 Å². The molecule has 0 radical (unpaired) electrons. The highest BCUT2D eigenvalue weighted by molar-refractivity contribution is 5.91. The lowest BCUT2D eigenvalue weighted by Gasteiger charge is -2.07. The third-order valence-corrected chi connectivity index (χ3v) is 2.23. The van der Waals surface area contributed by atoms with Gasteiger partial charge in [0.25, 0.3) is 0 Å². The molecule has 1 heterocycles. The van der Waals surface area contributed by atoms with Gasteiger partial charge in [-0.15, -0.1) is 0 Å². The molecule has 5 nitrogen and oxygen atoms in total. The zero-order valence-corrected chi connectivity index (χ0v) is 8.75. The number of benzene rings is 1. The first-order valence-electron chi connectivity index (χ1n) is 4.68. The molecule has 0 saturated carbocycles. The molecule has 0 amide bonds. The highest BCUT2D eigenvalue weighted by Gasteiger charge is 2.08. The summed E-state index contributed by atoms with van der Waals surface area (Å²) in [5, 5.41) is 0. The van der Waals surface area contributed by atoms with E-state index in [1.54, 1.807) is 41.5 Å². The van der Waals surface area contributed by atoms with Crippen LogP contribution in [-0.4, -0.2) is 22.6 Å². The second-order valence-electron chi connectivity index (χ2n) is 3.24. The summed E-state index contributed by atoms with van der Waals surface area (Å²) in [6.45, 7) is 0. The number of ether oxygens (including phenoxy) is 1. The number of esters is 1. The summed E-state index contributed by atoms with van der Waals surface area (Å²) in [5.41, 5.74) is 7.57. The van der Waals surface area contributed by atoms with Crippen molar-refractivity contribution in [3.05, 3.63) is 42.5 Å². The lowest BCUT2D eigenvalue weighted by molar-refractivity contribution is 0.0601. The molecule has 0 aliphatic heterocycles. The predicted molar refractivity (Wildman–Crippen MR) is 59.3 cm³/mol. The highest BCUT2D eigenvalue weighted by Crippen LogP contribution is 2.18. The Balaban J connectivity index is 2.41. The second-order valence-corrected chi connectivity index (χ2v) is 3.24. The smallest absolute Gasteiger partial charge is 0.337 e. The molecule has 0 atom stereocenters. The number of aromatic nitrogens is 2. The molecule has 0 fully saturated rings. The van der Waals surface area contributed by atoms with Gasteiger partial charge in [-0.3, -0.25) is 0 Å². The number of anilines is 1. The molecule has 0 spiro atoms. The Morgan fingerprint density at radius 3 is 2.88 bits per heavy atom. The number of nitrogens with two attached hydrogens (primary N) is 1. The van der Waals surface area contributed by atoms with Crippen molar-refractivity contribution in [2.24, 2.45) is 0 Å². The third kappa shape index (κ3) is 1.75. The quantitative estimate of drug-likeness (QED) is 0.607. The third-order valence-electron chi connectivity index (χ3n) is 2.23. The van der Waals surface area contributed by atoms with Gasteiger partial charge in [-0.2, -0.15) is 0 Å². The molecule has 2 rings (SSSR count). The van der Waals surface area contributed by atoms with Crippen molar-refractivity contribution < 1.29 is 9.53 Å². The number of hydrogen-bond donors (Lipinski definition) is 1. The highest BCUT2D eigenvalue weighted by atomic mass is 16.5. The minimum Gasteiger partial charge on any atom is -0.465 e. The van der Waals surface area contributed by atoms with Crippen molar-refractivity contribution in [2.75, 3.05) is 12.8 Å². The van der Waals surface area contributed by atoms with Crippen molar-refractivity contribution in [3.63, 3.8) is 0 Å². The van der Waals surface area contributed by atoms with Crippen LogP contribution in [0.4, 0.5) is 5.69 Å². The van der Waals surface area contributed by atoms with Crippen molar-refractivity contribution >= 4 is 11.7 Å². The minimum atomic E-state index is -0.399. The Hall–Kier alpha value is -2.30. The fourth-order valence-electron chi connectivity index (χ4n) is 1.44. The Labute approximate surface area is 92.5 Å². The average Bonchev–Trinajstić information content (AvgIpc) is 2.81. The molecule has 2 N–H and O–H groups in total. The molecule has 82 valence electrons. The number of nitrogens with zero attached hydrogens (tertiary/aromatic N) is 2. The van der Waals surface area contributed by atoms with Crippen LogP contribution < -0.4 is 5.73 Å². The van der Waals surface area contributed by atoms with E-state index in [9.17, 15) is 4.79 Å². The van der Waals surface area contributed by atoms with E-state index >= 15 is 0 Å². The van der Waals surface area contributed by atoms with E-state index in [2.05, 4.69) is 9.72 Å². The summed E-state index contributed by atoms with van der Waals surface area (Å²) in [6, 6.07) is 5.00. The van der Waals surface area contributed by atoms with Gasteiger partial charge in [-0.05, 0) is 18.2 Å². The average molecular weight is 217 g/mol. The lowest BCUT2D eigenvalue weighted by Crippen LogP contribution is -2.04.